The Labute approximate surface area is 91.8 Å². The van der Waals surface area contributed by atoms with E-state index in [0.29, 0.717) is 10.6 Å². The molecule has 3 nitrogen and oxygen atoms in total. The van der Waals surface area contributed by atoms with Gasteiger partial charge in [0.1, 0.15) is 11.9 Å². The van der Waals surface area contributed by atoms with E-state index in [2.05, 4.69) is 5.32 Å². The van der Waals surface area contributed by atoms with Gasteiger partial charge < -0.3 is 10.2 Å². The molecule has 0 aliphatic carbocycles. The van der Waals surface area contributed by atoms with Gasteiger partial charge in [0.2, 0.25) is 5.91 Å². The SMILES string of the molecule is CNC1C(=O)N(C)c2c(F)ccc(Cl)c21. The summed E-state index contributed by atoms with van der Waals surface area (Å²) in [6.07, 6.45) is 0. The van der Waals surface area contributed by atoms with E-state index in [1.807, 2.05) is 0 Å². The van der Waals surface area contributed by atoms with Gasteiger partial charge in [0.15, 0.2) is 0 Å². The molecule has 0 bridgehead atoms. The van der Waals surface area contributed by atoms with Crippen LogP contribution >= 0.6 is 11.6 Å². The molecule has 0 spiro atoms. The second-order valence-corrected chi connectivity index (χ2v) is 3.82. The van der Waals surface area contributed by atoms with Crippen molar-refractivity contribution < 1.29 is 9.18 Å². The van der Waals surface area contributed by atoms with Crippen molar-refractivity contribution in [2.45, 2.75) is 6.04 Å². The van der Waals surface area contributed by atoms with Gasteiger partial charge in [-0.2, -0.15) is 0 Å². The number of nitrogens with one attached hydrogen (secondary N) is 1. The molecule has 0 radical (unpaired) electrons. The summed E-state index contributed by atoms with van der Waals surface area (Å²) < 4.78 is 13.5. The summed E-state index contributed by atoms with van der Waals surface area (Å²) in [7, 11) is 3.19. The van der Waals surface area contributed by atoms with Crippen molar-refractivity contribution in [3.8, 4) is 0 Å². The van der Waals surface area contributed by atoms with Gasteiger partial charge in [-0.1, -0.05) is 11.6 Å². The van der Waals surface area contributed by atoms with Crippen LogP contribution in [0, 0.1) is 5.82 Å². The monoisotopic (exact) mass is 228 g/mol. The number of likely N-dealkylation sites (N-methyl/N-ethyl adjacent to an activating group) is 2. The van der Waals surface area contributed by atoms with Crippen molar-refractivity contribution in [3.05, 3.63) is 28.5 Å². The van der Waals surface area contributed by atoms with Crippen molar-refractivity contribution in [1.29, 1.82) is 0 Å². The van der Waals surface area contributed by atoms with Crippen molar-refractivity contribution in [1.82, 2.24) is 5.32 Å². The Balaban J connectivity index is 2.69. The lowest BCUT2D eigenvalue weighted by molar-refractivity contribution is -0.119. The molecule has 0 saturated carbocycles. The molecule has 1 aromatic rings. The molecule has 1 N–H and O–H groups in total. The van der Waals surface area contributed by atoms with E-state index in [9.17, 15) is 9.18 Å². The van der Waals surface area contributed by atoms with Gasteiger partial charge in [0, 0.05) is 17.6 Å². The van der Waals surface area contributed by atoms with E-state index in [-0.39, 0.29) is 11.6 Å². The Morgan fingerprint density at radius 3 is 2.80 bits per heavy atom. The number of nitrogens with zero attached hydrogens (tertiary/aromatic N) is 1. The fraction of sp³-hybridized carbons (Fsp3) is 0.300. The molecule has 0 fully saturated rings. The Hall–Kier alpha value is -1.13. The van der Waals surface area contributed by atoms with Crippen LogP contribution in [0.25, 0.3) is 0 Å². The van der Waals surface area contributed by atoms with Crippen LogP contribution in [0.15, 0.2) is 12.1 Å². The molecule has 1 aliphatic rings. The van der Waals surface area contributed by atoms with Crippen LogP contribution in [0.3, 0.4) is 0 Å². The van der Waals surface area contributed by atoms with Crippen LogP contribution in [-0.4, -0.2) is 20.0 Å². The van der Waals surface area contributed by atoms with Crippen molar-refractivity contribution in [2.24, 2.45) is 0 Å². The summed E-state index contributed by atoms with van der Waals surface area (Å²) in [6, 6.07) is 2.18. The van der Waals surface area contributed by atoms with E-state index < -0.39 is 11.9 Å². The Morgan fingerprint density at radius 1 is 1.53 bits per heavy atom. The van der Waals surface area contributed by atoms with Gasteiger partial charge in [-0.05, 0) is 19.2 Å². The fourth-order valence-corrected chi connectivity index (χ4v) is 2.13. The molecule has 5 heteroatoms. The number of anilines is 1. The molecule has 1 unspecified atom stereocenters. The summed E-state index contributed by atoms with van der Waals surface area (Å²) in [5.41, 5.74) is 0.790. The predicted octanol–water partition coefficient (Wildman–Crippen LogP) is 1.72. The maximum absolute atomic E-state index is 13.5. The summed E-state index contributed by atoms with van der Waals surface area (Å²) in [5.74, 6) is -0.623. The topological polar surface area (TPSA) is 32.3 Å². The number of carbonyl (C=O) groups excluding carboxylic acids is 1. The molecule has 0 aromatic heterocycles. The number of hydrogen-bond donors (Lipinski definition) is 1. The van der Waals surface area contributed by atoms with Crippen molar-refractivity contribution >= 4 is 23.2 Å². The van der Waals surface area contributed by atoms with Gasteiger partial charge in [0.05, 0.1) is 5.69 Å². The largest absolute Gasteiger partial charge is 0.311 e. The van der Waals surface area contributed by atoms with Crippen LogP contribution in [0.4, 0.5) is 10.1 Å². The first-order valence-electron chi connectivity index (χ1n) is 4.50. The average Bonchev–Trinajstić information content (AvgIpc) is 2.47. The van der Waals surface area contributed by atoms with E-state index in [0.717, 1.165) is 0 Å². The zero-order chi connectivity index (χ0) is 11.2. The number of hydrogen-bond acceptors (Lipinski definition) is 2. The lowest BCUT2D eigenvalue weighted by atomic mass is 10.1. The number of benzene rings is 1. The smallest absolute Gasteiger partial charge is 0.248 e. The van der Waals surface area contributed by atoms with Crippen LogP contribution in [0.2, 0.25) is 5.02 Å². The second-order valence-electron chi connectivity index (χ2n) is 3.41. The van der Waals surface area contributed by atoms with Gasteiger partial charge in [-0.3, -0.25) is 4.79 Å². The highest BCUT2D eigenvalue weighted by Crippen LogP contribution is 2.41. The predicted molar refractivity (Wildman–Crippen MR) is 56.6 cm³/mol. The molecule has 1 aromatic carbocycles. The Morgan fingerprint density at radius 2 is 2.20 bits per heavy atom. The summed E-state index contributed by atoms with van der Waals surface area (Å²) in [5, 5.41) is 3.23. The fourth-order valence-electron chi connectivity index (χ4n) is 1.87. The quantitative estimate of drug-likeness (QED) is 0.794. The van der Waals surface area contributed by atoms with Gasteiger partial charge >= 0.3 is 0 Å². The third kappa shape index (κ3) is 1.33. The van der Waals surface area contributed by atoms with E-state index in [1.165, 1.54) is 24.1 Å². The Bertz CT molecular complexity index is 436. The van der Waals surface area contributed by atoms with Crippen molar-refractivity contribution in [3.63, 3.8) is 0 Å². The Kier molecular flexibility index (Phi) is 2.40. The number of halogens is 2. The molecule has 15 heavy (non-hydrogen) atoms. The standard InChI is InChI=1S/C10H10ClFN2O/c1-13-8-7-5(11)3-4-6(12)9(7)14(2)10(8)15/h3-4,8,13H,1-2H3. The highest BCUT2D eigenvalue weighted by atomic mass is 35.5. The number of amides is 1. The highest BCUT2D eigenvalue weighted by molar-refractivity contribution is 6.32. The van der Waals surface area contributed by atoms with Crippen LogP contribution in [0.5, 0.6) is 0 Å². The first-order chi connectivity index (χ1) is 7.07. The molecule has 1 aliphatic heterocycles. The van der Waals surface area contributed by atoms with E-state index >= 15 is 0 Å². The van der Waals surface area contributed by atoms with Gasteiger partial charge in [-0.15, -0.1) is 0 Å². The molecular weight excluding hydrogens is 219 g/mol. The summed E-state index contributed by atoms with van der Waals surface area (Å²) >= 11 is 5.96. The van der Waals surface area contributed by atoms with Gasteiger partial charge in [0.25, 0.3) is 0 Å². The van der Waals surface area contributed by atoms with Gasteiger partial charge in [-0.25, -0.2) is 4.39 Å². The molecule has 1 amide bonds. The van der Waals surface area contributed by atoms with Crippen LogP contribution < -0.4 is 10.2 Å². The van der Waals surface area contributed by atoms with E-state index in [4.69, 9.17) is 11.6 Å². The minimum atomic E-state index is -0.548. The summed E-state index contributed by atoms with van der Waals surface area (Å²) in [6.45, 7) is 0. The van der Waals surface area contributed by atoms with Crippen LogP contribution in [0.1, 0.15) is 11.6 Å². The number of fused-ring (bicyclic) bond motifs is 1. The van der Waals surface area contributed by atoms with E-state index in [1.54, 1.807) is 7.05 Å². The number of rotatable bonds is 1. The third-order valence-electron chi connectivity index (χ3n) is 2.60. The third-order valence-corrected chi connectivity index (χ3v) is 2.93. The first kappa shape index (κ1) is 10.4. The zero-order valence-corrected chi connectivity index (χ0v) is 9.10. The molecule has 1 heterocycles. The average molecular weight is 229 g/mol. The normalized spacial score (nSPS) is 19.6. The highest BCUT2D eigenvalue weighted by Gasteiger charge is 2.37. The lowest BCUT2D eigenvalue weighted by Gasteiger charge is -2.10. The van der Waals surface area contributed by atoms with Crippen molar-refractivity contribution in [2.75, 3.05) is 19.0 Å². The number of carbonyl (C=O) groups is 1. The lowest BCUT2D eigenvalue weighted by Crippen LogP contribution is -2.30. The van der Waals surface area contributed by atoms with Crippen LogP contribution in [-0.2, 0) is 4.79 Å². The molecule has 80 valence electrons. The zero-order valence-electron chi connectivity index (χ0n) is 8.34. The first-order valence-corrected chi connectivity index (χ1v) is 4.88. The minimum Gasteiger partial charge on any atom is -0.311 e. The maximum Gasteiger partial charge on any atom is 0.248 e. The second kappa shape index (κ2) is 3.47. The molecule has 1 atom stereocenters. The minimum absolute atomic E-state index is 0.195. The molecule has 2 rings (SSSR count). The maximum atomic E-state index is 13.5. The summed E-state index contributed by atoms with van der Waals surface area (Å²) in [4.78, 5) is 13.0. The molecule has 0 saturated heterocycles. The molecular formula is C10H10ClFN2O.